The van der Waals surface area contributed by atoms with Crippen molar-refractivity contribution in [1.82, 2.24) is 0 Å². The average Bonchev–Trinajstić information content (AvgIpc) is 2.08. The van der Waals surface area contributed by atoms with Crippen LogP contribution in [0, 0.1) is 5.92 Å². The Bertz CT molecular complexity index is 107. The summed E-state index contributed by atoms with van der Waals surface area (Å²) in [6, 6.07) is 0. The molecule has 0 N–H and O–H groups in total. The number of rotatable bonds is 1. The molecule has 12 heavy (non-hydrogen) atoms. The Kier molecular flexibility index (Phi) is 6.25. The van der Waals surface area contributed by atoms with E-state index in [9.17, 15) is 8.78 Å². The van der Waals surface area contributed by atoms with E-state index in [1.165, 1.54) is 0 Å². The largest absolute Gasteiger partial charge is 0.372 e. The number of alkyl halides is 2. The van der Waals surface area contributed by atoms with E-state index >= 15 is 0 Å². The van der Waals surface area contributed by atoms with Gasteiger partial charge in [0, 0.05) is 6.61 Å². The maximum atomic E-state index is 12.0. The summed E-state index contributed by atoms with van der Waals surface area (Å²) in [5, 5.41) is 0. The summed E-state index contributed by atoms with van der Waals surface area (Å²) < 4.78 is 28.8. The third-order valence-electron chi connectivity index (χ3n) is 1.86. The van der Waals surface area contributed by atoms with Crippen LogP contribution in [0.2, 0.25) is 0 Å². The van der Waals surface area contributed by atoms with Crippen molar-refractivity contribution in [2.24, 2.45) is 5.92 Å². The summed E-state index contributed by atoms with van der Waals surface area (Å²) in [5.74, 6) is 0.396. The van der Waals surface area contributed by atoms with Crippen LogP contribution in [0.15, 0.2) is 0 Å². The van der Waals surface area contributed by atoms with Crippen molar-refractivity contribution in [2.75, 3.05) is 6.61 Å². The second kappa shape index (κ2) is 6.35. The molecule has 0 aromatic heterocycles. The molecule has 0 saturated carbocycles. The predicted octanol–water partition coefficient (Wildman–Crippen LogP) is 3.09. The van der Waals surface area contributed by atoms with E-state index in [-0.39, 0.29) is 0 Å². The number of ether oxygens (including phenoxy) is 1. The van der Waals surface area contributed by atoms with Crippen LogP contribution < -0.4 is 0 Å². The molecular formula is C9H18F2O. The van der Waals surface area contributed by atoms with Crippen LogP contribution in [0.1, 0.15) is 33.6 Å². The number of halogens is 2. The van der Waals surface area contributed by atoms with Gasteiger partial charge in [-0.25, -0.2) is 8.78 Å². The molecule has 0 radical (unpaired) electrons. The highest BCUT2D eigenvalue weighted by atomic mass is 19.3. The van der Waals surface area contributed by atoms with Gasteiger partial charge in [0.15, 0.2) is 0 Å². The van der Waals surface area contributed by atoms with Gasteiger partial charge in [0.2, 0.25) is 0 Å². The number of hydrogen-bond donors (Lipinski definition) is 0. The van der Waals surface area contributed by atoms with E-state index in [0.717, 1.165) is 6.42 Å². The Morgan fingerprint density at radius 3 is 2.25 bits per heavy atom. The van der Waals surface area contributed by atoms with Crippen molar-refractivity contribution in [3.63, 3.8) is 0 Å². The zero-order chi connectivity index (χ0) is 9.56. The third kappa shape index (κ3) is 4.00. The van der Waals surface area contributed by atoms with E-state index in [0.29, 0.717) is 18.9 Å². The van der Waals surface area contributed by atoms with E-state index in [1.54, 1.807) is 0 Å². The molecule has 1 heterocycles. The molecule has 0 aromatic carbocycles. The molecule has 1 nitrogen and oxygen atoms in total. The van der Waals surface area contributed by atoms with Crippen molar-refractivity contribution < 1.29 is 13.5 Å². The van der Waals surface area contributed by atoms with Crippen molar-refractivity contribution in [3.05, 3.63) is 0 Å². The zero-order valence-electron chi connectivity index (χ0n) is 8.02. The van der Waals surface area contributed by atoms with Crippen LogP contribution in [0.3, 0.4) is 0 Å². The van der Waals surface area contributed by atoms with Crippen molar-refractivity contribution in [2.45, 2.75) is 46.1 Å². The standard InChI is InChI=1S/C7H12F2O.C2H6/c1-5-2-3-10-6(4-5)7(8)9;1-2/h5-7H,2-4H2,1H3;1-2H3. The van der Waals surface area contributed by atoms with Gasteiger partial charge in [-0.2, -0.15) is 0 Å². The molecule has 74 valence electrons. The van der Waals surface area contributed by atoms with E-state index < -0.39 is 12.5 Å². The molecular weight excluding hydrogens is 162 g/mol. The summed E-state index contributed by atoms with van der Waals surface area (Å²) in [6.45, 7) is 6.48. The van der Waals surface area contributed by atoms with Crippen molar-refractivity contribution in [3.8, 4) is 0 Å². The fourth-order valence-corrected chi connectivity index (χ4v) is 1.18. The molecule has 0 bridgehead atoms. The minimum atomic E-state index is -2.30. The van der Waals surface area contributed by atoms with Gasteiger partial charge in [0.1, 0.15) is 6.10 Å². The lowest BCUT2D eigenvalue weighted by Crippen LogP contribution is -2.30. The molecule has 0 aliphatic carbocycles. The first kappa shape index (κ1) is 11.8. The molecule has 1 aliphatic rings. The smallest absolute Gasteiger partial charge is 0.264 e. The summed E-state index contributed by atoms with van der Waals surface area (Å²) >= 11 is 0. The Morgan fingerprint density at radius 1 is 1.33 bits per heavy atom. The SMILES string of the molecule is CC.CC1CCOC(C(F)F)C1. The normalized spacial score (nSPS) is 29.5. The molecule has 1 saturated heterocycles. The van der Waals surface area contributed by atoms with Crippen molar-refractivity contribution in [1.29, 1.82) is 0 Å². The second-order valence-electron chi connectivity index (χ2n) is 2.87. The van der Waals surface area contributed by atoms with Gasteiger partial charge in [0.25, 0.3) is 6.43 Å². The first-order chi connectivity index (χ1) is 5.70. The highest BCUT2D eigenvalue weighted by Crippen LogP contribution is 2.23. The van der Waals surface area contributed by atoms with Gasteiger partial charge in [-0.1, -0.05) is 20.8 Å². The Balaban J connectivity index is 0.000000561. The van der Waals surface area contributed by atoms with Crippen LogP contribution in [0.25, 0.3) is 0 Å². The van der Waals surface area contributed by atoms with Crippen LogP contribution in [0.4, 0.5) is 8.78 Å². The molecule has 1 fully saturated rings. The summed E-state index contributed by atoms with van der Waals surface area (Å²) in [5.41, 5.74) is 0. The molecule has 1 aliphatic heterocycles. The van der Waals surface area contributed by atoms with Crippen molar-refractivity contribution >= 4 is 0 Å². The first-order valence-electron chi connectivity index (χ1n) is 4.60. The Labute approximate surface area is 73.1 Å². The molecule has 2 unspecified atom stereocenters. The van der Waals surface area contributed by atoms with Crippen LogP contribution in [0.5, 0.6) is 0 Å². The Hall–Kier alpha value is -0.180. The molecule has 0 amide bonds. The predicted molar refractivity (Wildman–Crippen MR) is 45.5 cm³/mol. The molecule has 0 aromatic rings. The van der Waals surface area contributed by atoms with Crippen LogP contribution in [-0.4, -0.2) is 19.1 Å². The van der Waals surface area contributed by atoms with E-state index in [2.05, 4.69) is 0 Å². The van der Waals surface area contributed by atoms with Crippen LogP contribution >= 0.6 is 0 Å². The lowest BCUT2D eigenvalue weighted by Gasteiger charge is -2.26. The maximum absolute atomic E-state index is 12.0. The molecule has 0 spiro atoms. The fourth-order valence-electron chi connectivity index (χ4n) is 1.18. The highest BCUT2D eigenvalue weighted by Gasteiger charge is 2.26. The quantitative estimate of drug-likeness (QED) is 0.602. The monoisotopic (exact) mass is 180 g/mol. The topological polar surface area (TPSA) is 9.23 Å². The average molecular weight is 180 g/mol. The fraction of sp³-hybridized carbons (Fsp3) is 1.00. The van der Waals surface area contributed by atoms with E-state index in [1.807, 2.05) is 20.8 Å². The van der Waals surface area contributed by atoms with Gasteiger partial charge in [-0.05, 0) is 18.8 Å². The maximum Gasteiger partial charge on any atom is 0.264 e. The number of hydrogen-bond acceptors (Lipinski definition) is 1. The molecule has 3 heteroatoms. The lowest BCUT2D eigenvalue weighted by molar-refractivity contribution is -0.0905. The first-order valence-corrected chi connectivity index (χ1v) is 4.60. The van der Waals surface area contributed by atoms with E-state index in [4.69, 9.17) is 4.74 Å². The second-order valence-corrected chi connectivity index (χ2v) is 2.87. The highest BCUT2D eigenvalue weighted by molar-refractivity contribution is 4.69. The van der Waals surface area contributed by atoms with Gasteiger partial charge in [0.05, 0.1) is 0 Å². The lowest BCUT2D eigenvalue weighted by atomic mass is 9.98. The van der Waals surface area contributed by atoms with Gasteiger partial charge in [-0.15, -0.1) is 0 Å². The summed E-state index contributed by atoms with van der Waals surface area (Å²) in [6.07, 6.45) is -1.67. The zero-order valence-corrected chi connectivity index (χ0v) is 8.02. The minimum Gasteiger partial charge on any atom is -0.372 e. The van der Waals surface area contributed by atoms with Crippen LogP contribution in [-0.2, 0) is 4.74 Å². The minimum absolute atomic E-state index is 0.396. The van der Waals surface area contributed by atoms with Gasteiger partial charge < -0.3 is 4.74 Å². The van der Waals surface area contributed by atoms with Gasteiger partial charge >= 0.3 is 0 Å². The summed E-state index contributed by atoms with van der Waals surface area (Å²) in [4.78, 5) is 0. The third-order valence-corrected chi connectivity index (χ3v) is 1.86. The Morgan fingerprint density at radius 2 is 1.92 bits per heavy atom. The summed E-state index contributed by atoms with van der Waals surface area (Å²) in [7, 11) is 0. The van der Waals surface area contributed by atoms with Gasteiger partial charge in [-0.3, -0.25) is 0 Å². The molecule has 2 atom stereocenters. The molecule has 1 rings (SSSR count).